The van der Waals surface area contributed by atoms with Crippen LogP contribution in [0.4, 0.5) is 10.5 Å². The Morgan fingerprint density at radius 2 is 1.60 bits per heavy atom. The van der Waals surface area contributed by atoms with Crippen LogP contribution in [0.5, 0.6) is 0 Å². The van der Waals surface area contributed by atoms with Crippen molar-refractivity contribution in [3.05, 3.63) is 99.5 Å². The Morgan fingerprint density at radius 1 is 0.925 bits per heavy atom. The minimum Gasteiger partial charge on any atom is -0.444 e. The van der Waals surface area contributed by atoms with E-state index in [1.165, 1.54) is 0 Å². The van der Waals surface area contributed by atoms with Crippen molar-refractivity contribution in [1.29, 1.82) is 0 Å². The van der Waals surface area contributed by atoms with Gasteiger partial charge in [-0.15, -0.1) is 0 Å². The second-order valence-electron chi connectivity index (χ2n) is 10.8. The van der Waals surface area contributed by atoms with Crippen molar-refractivity contribution in [2.75, 3.05) is 11.9 Å². The van der Waals surface area contributed by atoms with Gasteiger partial charge in [0, 0.05) is 33.9 Å². The predicted octanol–water partition coefficient (Wildman–Crippen LogP) is 5.79. The molecule has 1 aliphatic heterocycles. The molecule has 0 radical (unpaired) electrons. The maximum atomic E-state index is 13.0. The lowest BCUT2D eigenvalue weighted by Crippen LogP contribution is -2.44. The fourth-order valence-corrected chi connectivity index (χ4v) is 4.86. The fraction of sp³-hybridized carbons (Fsp3) is 0.290. The normalized spacial score (nSPS) is 16.8. The third kappa shape index (κ3) is 7.15. The average molecular weight is 607 g/mol. The lowest BCUT2D eigenvalue weighted by atomic mass is 9.98. The number of hydrogen-bond acceptors (Lipinski definition) is 5. The van der Waals surface area contributed by atoms with E-state index in [2.05, 4.69) is 26.6 Å². The third-order valence-electron chi connectivity index (χ3n) is 6.50. The highest BCUT2D eigenvalue weighted by Gasteiger charge is 2.39. The lowest BCUT2D eigenvalue weighted by molar-refractivity contribution is -0.136. The summed E-state index contributed by atoms with van der Waals surface area (Å²) in [6.07, 6.45) is -0.0722. The number of carbonyl (C=O) groups is 4. The Bertz CT molecular complexity index is 1420. The van der Waals surface area contributed by atoms with Crippen LogP contribution in [0.25, 0.3) is 0 Å². The molecule has 0 aliphatic carbocycles. The number of likely N-dealkylation sites (tertiary alicyclic amines) is 1. The molecule has 3 amide bonds. The van der Waals surface area contributed by atoms with Crippen LogP contribution in [0, 0.1) is 6.92 Å². The Hall–Kier alpha value is -3.98. The van der Waals surface area contributed by atoms with Crippen molar-refractivity contribution in [3.63, 3.8) is 0 Å². The molecular formula is C31H32BrN3O5. The van der Waals surface area contributed by atoms with E-state index >= 15 is 0 Å². The number of carbonyl (C=O) groups excluding carboxylic acids is 4. The number of hydrogen-bond donors (Lipinski definition) is 2. The van der Waals surface area contributed by atoms with Crippen molar-refractivity contribution < 1.29 is 23.9 Å². The van der Waals surface area contributed by atoms with E-state index in [1.54, 1.807) is 68.1 Å². The van der Waals surface area contributed by atoms with E-state index in [0.717, 1.165) is 15.6 Å². The summed E-state index contributed by atoms with van der Waals surface area (Å²) in [7, 11) is 0. The molecule has 3 aromatic carbocycles. The van der Waals surface area contributed by atoms with Crippen LogP contribution in [0.15, 0.2) is 77.3 Å². The average Bonchev–Trinajstić information content (AvgIpc) is 3.33. The molecule has 2 N–H and O–H groups in total. The second kappa shape index (κ2) is 12.0. The summed E-state index contributed by atoms with van der Waals surface area (Å²) in [4.78, 5) is 53.2. The molecule has 0 saturated carbocycles. The highest BCUT2D eigenvalue weighted by atomic mass is 79.9. The lowest BCUT2D eigenvalue weighted by Gasteiger charge is -2.28. The fourth-order valence-electron chi connectivity index (χ4n) is 4.59. The molecule has 0 aromatic heterocycles. The van der Waals surface area contributed by atoms with E-state index in [0.29, 0.717) is 23.2 Å². The topological polar surface area (TPSA) is 105 Å². The first-order chi connectivity index (χ1) is 18.9. The molecule has 1 aliphatic rings. The zero-order valence-corrected chi connectivity index (χ0v) is 24.4. The number of anilines is 1. The molecule has 0 bridgehead atoms. The van der Waals surface area contributed by atoms with Gasteiger partial charge in [0.25, 0.3) is 0 Å². The summed E-state index contributed by atoms with van der Waals surface area (Å²) in [6, 6.07) is 20.6. The van der Waals surface area contributed by atoms with Crippen LogP contribution in [0.2, 0.25) is 0 Å². The molecule has 208 valence electrons. The van der Waals surface area contributed by atoms with Crippen LogP contribution in [-0.4, -0.2) is 46.8 Å². The number of benzene rings is 3. The van der Waals surface area contributed by atoms with Crippen molar-refractivity contribution in [2.45, 2.75) is 51.8 Å². The number of nitrogens with zero attached hydrogens (tertiary/aromatic N) is 1. The number of nitrogens with one attached hydrogen (secondary N) is 2. The summed E-state index contributed by atoms with van der Waals surface area (Å²) in [5.41, 5.74) is 2.26. The van der Waals surface area contributed by atoms with Crippen LogP contribution in [0.1, 0.15) is 60.3 Å². The van der Waals surface area contributed by atoms with Gasteiger partial charge in [-0.05, 0) is 69.5 Å². The monoisotopic (exact) mass is 605 g/mol. The zero-order chi connectivity index (χ0) is 29.0. The van der Waals surface area contributed by atoms with Gasteiger partial charge in [-0.25, -0.2) is 4.79 Å². The molecule has 1 heterocycles. The first-order valence-corrected chi connectivity index (χ1v) is 13.8. The highest BCUT2D eigenvalue weighted by molar-refractivity contribution is 9.10. The molecule has 2 atom stereocenters. The van der Waals surface area contributed by atoms with Gasteiger partial charge in [-0.1, -0.05) is 64.5 Å². The van der Waals surface area contributed by atoms with Gasteiger partial charge in [-0.3, -0.25) is 19.3 Å². The van der Waals surface area contributed by atoms with Gasteiger partial charge >= 0.3 is 17.9 Å². The van der Waals surface area contributed by atoms with E-state index in [1.807, 2.05) is 37.3 Å². The maximum Gasteiger partial charge on any atom is 0.410 e. The molecule has 1 saturated heterocycles. The SMILES string of the molecule is Cc1ccc(NC(=O)C(=O)NC2CC(c3ccc(Br)cc3)N(C(=O)OC(C)(C)C)C2)cc1C(=O)c1ccccc1. The van der Waals surface area contributed by atoms with Gasteiger partial charge < -0.3 is 15.4 Å². The molecule has 4 rings (SSSR count). The summed E-state index contributed by atoms with van der Waals surface area (Å²) >= 11 is 3.43. The van der Waals surface area contributed by atoms with Crippen LogP contribution >= 0.6 is 15.9 Å². The first-order valence-electron chi connectivity index (χ1n) is 13.0. The van der Waals surface area contributed by atoms with E-state index in [9.17, 15) is 19.2 Å². The molecule has 40 heavy (non-hydrogen) atoms. The second-order valence-corrected chi connectivity index (χ2v) is 11.7. The molecular weight excluding hydrogens is 574 g/mol. The predicted molar refractivity (Wildman–Crippen MR) is 156 cm³/mol. The molecule has 2 unspecified atom stereocenters. The first kappa shape index (κ1) is 29.0. The Labute approximate surface area is 242 Å². The molecule has 8 nitrogen and oxygen atoms in total. The summed E-state index contributed by atoms with van der Waals surface area (Å²) in [6.45, 7) is 7.39. The van der Waals surface area contributed by atoms with Crippen LogP contribution < -0.4 is 10.6 Å². The summed E-state index contributed by atoms with van der Waals surface area (Å²) in [5, 5.41) is 5.35. The number of halogens is 1. The van der Waals surface area contributed by atoms with E-state index in [-0.39, 0.29) is 18.4 Å². The van der Waals surface area contributed by atoms with E-state index in [4.69, 9.17) is 4.74 Å². The molecule has 9 heteroatoms. The van der Waals surface area contributed by atoms with Crippen LogP contribution in [-0.2, 0) is 14.3 Å². The summed E-state index contributed by atoms with van der Waals surface area (Å²) in [5.74, 6) is -1.87. The number of ketones is 1. The van der Waals surface area contributed by atoms with Gasteiger partial charge in [-0.2, -0.15) is 0 Å². The van der Waals surface area contributed by atoms with Crippen molar-refractivity contribution in [2.24, 2.45) is 0 Å². The third-order valence-corrected chi connectivity index (χ3v) is 7.03. The standard InChI is InChI=1S/C31H32BrN3O5/c1-19-10-15-23(16-25(19)27(36)21-8-6-5-7-9-21)33-28(37)29(38)34-24-17-26(20-11-13-22(32)14-12-20)35(18-24)30(39)40-31(2,3)4/h5-16,24,26H,17-18H2,1-4H3,(H,33,37)(H,34,38). The molecule has 0 spiro atoms. The number of ether oxygens (including phenoxy) is 1. The van der Waals surface area contributed by atoms with E-state index < -0.39 is 29.6 Å². The Morgan fingerprint density at radius 3 is 2.25 bits per heavy atom. The Balaban J connectivity index is 1.45. The Kier molecular flexibility index (Phi) is 8.73. The molecule has 1 fully saturated rings. The van der Waals surface area contributed by atoms with Gasteiger partial charge in [0.2, 0.25) is 0 Å². The van der Waals surface area contributed by atoms with Crippen molar-refractivity contribution in [1.82, 2.24) is 10.2 Å². The van der Waals surface area contributed by atoms with Crippen LogP contribution in [0.3, 0.4) is 0 Å². The minimum absolute atomic E-state index is 0.175. The smallest absolute Gasteiger partial charge is 0.410 e. The summed E-state index contributed by atoms with van der Waals surface area (Å²) < 4.78 is 6.51. The maximum absolute atomic E-state index is 13.0. The number of amides is 3. The highest BCUT2D eigenvalue weighted by Crippen LogP contribution is 2.34. The zero-order valence-electron chi connectivity index (χ0n) is 22.9. The number of aryl methyl sites for hydroxylation is 1. The van der Waals surface area contributed by atoms with Crippen molar-refractivity contribution in [3.8, 4) is 0 Å². The van der Waals surface area contributed by atoms with Gasteiger partial charge in [0.1, 0.15) is 5.60 Å². The van der Waals surface area contributed by atoms with Gasteiger partial charge in [0.05, 0.1) is 6.04 Å². The van der Waals surface area contributed by atoms with Gasteiger partial charge in [0.15, 0.2) is 5.78 Å². The number of rotatable bonds is 5. The largest absolute Gasteiger partial charge is 0.444 e. The minimum atomic E-state index is -0.863. The molecule has 3 aromatic rings. The quantitative estimate of drug-likeness (QED) is 0.283. The van der Waals surface area contributed by atoms with Crippen molar-refractivity contribution >= 4 is 45.3 Å².